The van der Waals surface area contributed by atoms with E-state index in [9.17, 15) is 18.0 Å². The average Bonchev–Trinajstić information content (AvgIpc) is 2.40. The van der Waals surface area contributed by atoms with Gasteiger partial charge in [-0.3, -0.25) is 4.98 Å². The molecule has 0 aliphatic heterocycles. The molecule has 21 heavy (non-hydrogen) atoms. The van der Waals surface area contributed by atoms with E-state index >= 15 is 0 Å². The second-order valence-electron chi connectivity index (χ2n) is 4.25. The van der Waals surface area contributed by atoms with E-state index in [1.807, 2.05) is 0 Å². The second-order valence-corrected chi connectivity index (χ2v) is 4.25. The molecule has 0 aliphatic carbocycles. The number of aromatic carboxylic acids is 1. The van der Waals surface area contributed by atoms with E-state index < -0.39 is 17.7 Å². The molecular weight excluding hydrogens is 287 g/mol. The maximum Gasteiger partial charge on any atom is 0.416 e. The van der Waals surface area contributed by atoms with Crippen molar-refractivity contribution >= 4 is 17.5 Å². The highest BCUT2D eigenvalue weighted by atomic mass is 19.4. The number of hydrogen-bond donors (Lipinski definition) is 2. The highest BCUT2D eigenvalue weighted by molar-refractivity contribution is 5.85. The molecule has 0 amide bonds. The van der Waals surface area contributed by atoms with Crippen molar-refractivity contribution in [3.8, 4) is 0 Å². The number of halogens is 3. The van der Waals surface area contributed by atoms with Gasteiger partial charge in [-0.1, -0.05) is 6.07 Å². The molecule has 0 atom stereocenters. The minimum Gasteiger partial charge on any atom is -0.476 e. The number of nitrogens with zero attached hydrogens (tertiary/aromatic N) is 2. The number of anilines is 2. The fourth-order valence-corrected chi connectivity index (χ4v) is 1.68. The Morgan fingerprint density at radius 1 is 1.29 bits per heavy atom. The molecule has 2 rings (SSSR count). The molecule has 1 aromatic carbocycles. The van der Waals surface area contributed by atoms with Crippen LogP contribution in [0.2, 0.25) is 0 Å². The van der Waals surface area contributed by atoms with Gasteiger partial charge in [-0.05, 0) is 24.6 Å². The third-order valence-corrected chi connectivity index (χ3v) is 2.67. The predicted molar refractivity (Wildman–Crippen MR) is 68.5 cm³/mol. The first-order valence-electron chi connectivity index (χ1n) is 5.77. The Morgan fingerprint density at radius 3 is 2.62 bits per heavy atom. The van der Waals surface area contributed by atoms with Crippen LogP contribution in [0.25, 0.3) is 0 Å². The first-order chi connectivity index (χ1) is 9.77. The molecule has 0 aliphatic rings. The molecule has 1 aromatic heterocycles. The van der Waals surface area contributed by atoms with Gasteiger partial charge in [0.2, 0.25) is 0 Å². The van der Waals surface area contributed by atoms with E-state index in [0.29, 0.717) is 0 Å². The van der Waals surface area contributed by atoms with Gasteiger partial charge in [-0.15, -0.1) is 0 Å². The number of carboxylic acids is 1. The van der Waals surface area contributed by atoms with Gasteiger partial charge in [-0.2, -0.15) is 13.2 Å². The van der Waals surface area contributed by atoms with Crippen LogP contribution >= 0.6 is 0 Å². The van der Waals surface area contributed by atoms with Gasteiger partial charge in [0.1, 0.15) is 5.82 Å². The van der Waals surface area contributed by atoms with E-state index in [1.54, 1.807) is 0 Å². The van der Waals surface area contributed by atoms with Crippen molar-refractivity contribution in [3.63, 3.8) is 0 Å². The zero-order valence-corrected chi connectivity index (χ0v) is 10.8. The topological polar surface area (TPSA) is 75.1 Å². The summed E-state index contributed by atoms with van der Waals surface area (Å²) in [5.74, 6) is -1.22. The maximum absolute atomic E-state index is 12.8. The number of hydrogen-bond acceptors (Lipinski definition) is 4. The van der Waals surface area contributed by atoms with E-state index in [1.165, 1.54) is 25.3 Å². The number of aryl methyl sites for hydroxylation is 1. The van der Waals surface area contributed by atoms with Crippen molar-refractivity contribution in [2.45, 2.75) is 13.1 Å². The standard InChI is InChI=1S/C13H10F3N3O2/c1-7-2-3-8(4-9(7)13(14,15)16)18-11-6-17-5-10(19-11)12(20)21/h2-6H,1H3,(H,18,19)(H,20,21). The SMILES string of the molecule is Cc1ccc(Nc2cncc(C(=O)O)n2)cc1C(F)(F)F. The van der Waals surface area contributed by atoms with Gasteiger partial charge in [0.05, 0.1) is 18.0 Å². The zero-order chi connectivity index (χ0) is 15.6. The molecule has 0 radical (unpaired) electrons. The Morgan fingerprint density at radius 2 is 2.00 bits per heavy atom. The van der Waals surface area contributed by atoms with Crippen LogP contribution in [-0.2, 0) is 6.18 Å². The van der Waals surface area contributed by atoms with Gasteiger partial charge < -0.3 is 10.4 Å². The highest BCUT2D eigenvalue weighted by Crippen LogP contribution is 2.33. The monoisotopic (exact) mass is 297 g/mol. The Labute approximate surface area is 117 Å². The van der Waals surface area contributed by atoms with Crippen LogP contribution < -0.4 is 5.32 Å². The minimum atomic E-state index is -4.46. The Bertz CT molecular complexity index is 687. The van der Waals surface area contributed by atoms with Crippen molar-refractivity contribution in [3.05, 3.63) is 47.4 Å². The van der Waals surface area contributed by atoms with Gasteiger partial charge in [0.15, 0.2) is 5.69 Å². The largest absolute Gasteiger partial charge is 0.476 e. The third kappa shape index (κ3) is 3.47. The molecular formula is C13H10F3N3O2. The highest BCUT2D eigenvalue weighted by Gasteiger charge is 2.32. The van der Waals surface area contributed by atoms with Crippen molar-refractivity contribution in [1.82, 2.24) is 9.97 Å². The van der Waals surface area contributed by atoms with Gasteiger partial charge in [0, 0.05) is 5.69 Å². The summed E-state index contributed by atoms with van der Waals surface area (Å²) in [7, 11) is 0. The van der Waals surface area contributed by atoms with Crippen LogP contribution in [0.1, 0.15) is 21.6 Å². The normalized spacial score (nSPS) is 11.2. The summed E-state index contributed by atoms with van der Waals surface area (Å²) in [5, 5.41) is 11.4. The van der Waals surface area contributed by atoms with Crippen LogP contribution in [0, 0.1) is 6.92 Å². The molecule has 1 heterocycles. The number of nitrogens with one attached hydrogen (secondary N) is 1. The van der Waals surface area contributed by atoms with Crippen molar-refractivity contribution in [1.29, 1.82) is 0 Å². The lowest BCUT2D eigenvalue weighted by molar-refractivity contribution is -0.138. The summed E-state index contributed by atoms with van der Waals surface area (Å²) in [5.41, 5.74) is -0.832. The first-order valence-corrected chi connectivity index (χ1v) is 5.77. The van der Waals surface area contributed by atoms with Crippen molar-refractivity contribution < 1.29 is 23.1 Å². The summed E-state index contributed by atoms with van der Waals surface area (Å²) in [4.78, 5) is 18.1. The summed E-state index contributed by atoms with van der Waals surface area (Å²) >= 11 is 0. The number of carbonyl (C=O) groups is 1. The average molecular weight is 297 g/mol. The van der Waals surface area contributed by atoms with Crippen LogP contribution in [0.3, 0.4) is 0 Å². The Hall–Kier alpha value is -2.64. The van der Waals surface area contributed by atoms with E-state index in [4.69, 9.17) is 5.11 Å². The fraction of sp³-hybridized carbons (Fsp3) is 0.154. The van der Waals surface area contributed by atoms with Gasteiger partial charge in [-0.25, -0.2) is 9.78 Å². The molecule has 0 unspecified atom stereocenters. The fourth-order valence-electron chi connectivity index (χ4n) is 1.68. The number of benzene rings is 1. The molecule has 110 valence electrons. The summed E-state index contributed by atoms with van der Waals surface area (Å²) < 4.78 is 38.4. The lowest BCUT2D eigenvalue weighted by Crippen LogP contribution is -2.08. The van der Waals surface area contributed by atoms with E-state index in [0.717, 1.165) is 12.3 Å². The van der Waals surface area contributed by atoms with E-state index in [2.05, 4.69) is 15.3 Å². The predicted octanol–water partition coefficient (Wildman–Crippen LogP) is 3.25. The van der Waals surface area contributed by atoms with Crippen LogP contribution in [0.5, 0.6) is 0 Å². The lowest BCUT2D eigenvalue weighted by atomic mass is 10.1. The number of carboxylic acid groups (broad SMARTS) is 1. The molecule has 2 N–H and O–H groups in total. The molecule has 0 fully saturated rings. The molecule has 2 aromatic rings. The Kier molecular flexibility index (Phi) is 3.79. The van der Waals surface area contributed by atoms with Crippen LogP contribution in [-0.4, -0.2) is 21.0 Å². The number of aromatic nitrogens is 2. The quantitative estimate of drug-likeness (QED) is 0.909. The molecule has 8 heteroatoms. The minimum absolute atomic E-state index is 0.0480. The van der Waals surface area contributed by atoms with Crippen molar-refractivity contribution in [2.75, 3.05) is 5.32 Å². The number of alkyl halides is 3. The lowest BCUT2D eigenvalue weighted by Gasteiger charge is -2.13. The van der Waals surface area contributed by atoms with E-state index in [-0.39, 0.29) is 22.8 Å². The zero-order valence-electron chi connectivity index (χ0n) is 10.8. The van der Waals surface area contributed by atoms with Crippen molar-refractivity contribution in [2.24, 2.45) is 0 Å². The third-order valence-electron chi connectivity index (χ3n) is 2.67. The smallest absolute Gasteiger partial charge is 0.416 e. The molecule has 0 spiro atoms. The van der Waals surface area contributed by atoms with Gasteiger partial charge in [0.25, 0.3) is 0 Å². The first kappa shape index (κ1) is 14.8. The Balaban J connectivity index is 2.32. The summed E-state index contributed by atoms with van der Waals surface area (Å²) in [6.07, 6.45) is -2.19. The number of rotatable bonds is 3. The van der Waals surface area contributed by atoms with Crippen LogP contribution in [0.15, 0.2) is 30.6 Å². The molecule has 0 saturated carbocycles. The maximum atomic E-state index is 12.8. The van der Waals surface area contributed by atoms with Crippen LogP contribution in [0.4, 0.5) is 24.7 Å². The molecule has 5 nitrogen and oxygen atoms in total. The molecule has 0 saturated heterocycles. The summed E-state index contributed by atoms with van der Waals surface area (Å²) in [6, 6.07) is 3.70. The molecule has 0 bridgehead atoms. The second kappa shape index (κ2) is 5.39. The summed E-state index contributed by atoms with van der Waals surface area (Å²) in [6.45, 7) is 1.36. The van der Waals surface area contributed by atoms with Gasteiger partial charge >= 0.3 is 12.1 Å².